The SMILES string of the molecule is Cc1nc(CN2CCC(CNC(=O)c3csc(CCN)n3)CC2)oc1C. The number of hydrogen-bond donors (Lipinski definition) is 2. The fourth-order valence-electron chi connectivity index (χ4n) is 3.13. The van der Waals surface area contributed by atoms with Crippen LogP contribution in [0.15, 0.2) is 9.80 Å². The van der Waals surface area contributed by atoms with Crippen molar-refractivity contribution in [2.24, 2.45) is 11.7 Å². The van der Waals surface area contributed by atoms with E-state index in [2.05, 4.69) is 20.2 Å². The van der Waals surface area contributed by atoms with Crippen molar-refractivity contribution in [3.63, 3.8) is 0 Å². The summed E-state index contributed by atoms with van der Waals surface area (Å²) in [5, 5.41) is 5.75. The quantitative estimate of drug-likeness (QED) is 0.765. The van der Waals surface area contributed by atoms with Gasteiger partial charge in [-0.25, -0.2) is 9.97 Å². The lowest BCUT2D eigenvalue weighted by Gasteiger charge is -2.31. The van der Waals surface area contributed by atoms with E-state index in [9.17, 15) is 4.79 Å². The van der Waals surface area contributed by atoms with E-state index in [0.717, 1.165) is 61.2 Å². The molecular formula is C18H27N5O2S. The number of thiazole rings is 1. The van der Waals surface area contributed by atoms with Crippen LogP contribution in [0.4, 0.5) is 0 Å². The average molecular weight is 378 g/mol. The smallest absolute Gasteiger partial charge is 0.270 e. The maximum Gasteiger partial charge on any atom is 0.270 e. The third-order valence-electron chi connectivity index (χ3n) is 4.83. The highest BCUT2D eigenvalue weighted by molar-refractivity contribution is 7.09. The number of aromatic nitrogens is 2. The summed E-state index contributed by atoms with van der Waals surface area (Å²) in [6.07, 6.45) is 2.85. The molecule has 142 valence electrons. The van der Waals surface area contributed by atoms with E-state index in [1.165, 1.54) is 11.3 Å². The molecule has 0 bridgehead atoms. The number of rotatable bonds is 7. The summed E-state index contributed by atoms with van der Waals surface area (Å²) in [4.78, 5) is 23.4. The molecule has 1 amide bonds. The molecule has 3 N–H and O–H groups in total. The topological polar surface area (TPSA) is 97.3 Å². The van der Waals surface area contributed by atoms with Gasteiger partial charge in [-0.15, -0.1) is 11.3 Å². The van der Waals surface area contributed by atoms with Crippen LogP contribution >= 0.6 is 11.3 Å². The van der Waals surface area contributed by atoms with Crippen molar-refractivity contribution in [2.75, 3.05) is 26.2 Å². The van der Waals surface area contributed by atoms with E-state index in [1.807, 2.05) is 19.2 Å². The second kappa shape index (κ2) is 8.75. The van der Waals surface area contributed by atoms with Crippen LogP contribution in [-0.4, -0.2) is 47.0 Å². The third-order valence-corrected chi connectivity index (χ3v) is 5.74. The molecule has 1 aliphatic rings. The summed E-state index contributed by atoms with van der Waals surface area (Å²) in [5.74, 6) is 2.11. The Morgan fingerprint density at radius 2 is 2.15 bits per heavy atom. The number of aryl methyl sites for hydroxylation is 2. The molecular weight excluding hydrogens is 350 g/mol. The van der Waals surface area contributed by atoms with E-state index in [4.69, 9.17) is 10.2 Å². The molecule has 0 atom stereocenters. The first-order valence-corrected chi connectivity index (χ1v) is 10.0. The van der Waals surface area contributed by atoms with E-state index >= 15 is 0 Å². The molecule has 3 rings (SSSR count). The number of oxazole rings is 1. The van der Waals surface area contributed by atoms with Gasteiger partial charge in [0.2, 0.25) is 5.89 Å². The molecule has 8 heteroatoms. The lowest BCUT2D eigenvalue weighted by atomic mass is 9.97. The average Bonchev–Trinajstić information content (AvgIpc) is 3.21. The Kier molecular flexibility index (Phi) is 6.39. The molecule has 2 aromatic rings. The first kappa shape index (κ1) is 19.0. The fourth-order valence-corrected chi connectivity index (χ4v) is 3.92. The Labute approximate surface area is 158 Å². The van der Waals surface area contributed by atoms with Gasteiger partial charge in [-0.1, -0.05) is 0 Å². The Balaban J connectivity index is 1.40. The minimum Gasteiger partial charge on any atom is -0.444 e. The Morgan fingerprint density at radius 1 is 1.38 bits per heavy atom. The van der Waals surface area contributed by atoms with Gasteiger partial charge in [-0.3, -0.25) is 9.69 Å². The zero-order valence-electron chi connectivity index (χ0n) is 15.5. The van der Waals surface area contributed by atoms with Crippen molar-refractivity contribution in [3.8, 4) is 0 Å². The van der Waals surface area contributed by atoms with Crippen LogP contribution in [0.1, 0.15) is 45.7 Å². The lowest BCUT2D eigenvalue weighted by Crippen LogP contribution is -2.38. The number of nitrogens with two attached hydrogens (primary N) is 1. The molecule has 0 saturated carbocycles. The molecule has 1 saturated heterocycles. The zero-order chi connectivity index (χ0) is 18.5. The molecule has 0 spiro atoms. The molecule has 0 unspecified atom stereocenters. The summed E-state index contributed by atoms with van der Waals surface area (Å²) in [6.45, 7) is 7.93. The number of piperidine rings is 1. The van der Waals surface area contributed by atoms with Crippen molar-refractivity contribution in [2.45, 2.75) is 39.7 Å². The van der Waals surface area contributed by atoms with Crippen LogP contribution in [0.2, 0.25) is 0 Å². The fraction of sp³-hybridized carbons (Fsp3) is 0.611. The zero-order valence-corrected chi connectivity index (χ0v) is 16.3. The summed E-state index contributed by atoms with van der Waals surface area (Å²) in [7, 11) is 0. The molecule has 26 heavy (non-hydrogen) atoms. The first-order chi connectivity index (χ1) is 12.5. The van der Waals surface area contributed by atoms with Crippen LogP contribution in [0.5, 0.6) is 0 Å². The van der Waals surface area contributed by atoms with Gasteiger partial charge in [-0.05, 0) is 52.2 Å². The van der Waals surface area contributed by atoms with Crippen LogP contribution in [0, 0.1) is 19.8 Å². The van der Waals surface area contributed by atoms with Gasteiger partial charge in [0, 0.05) is 18.3 Å². The Morgan fingerprint density at radius 3 is 2.81 bits per heavy atom. The van der Waals surface area contributed by atoms with Crippen LogP contribution in [-0.2, 0) is 13.0 Å². The monoisotopic (exact) mass is 377 g/mol. The van der Waals surface area contributed by atoms with Crippen molar-refractivity contribution >= 4 is 17.2 Å². The molecule has 3 heterocycles. The number of amides is 1. The van der Waals surface area contributed by atoms with E-state index < -0.39 is 0 Å². The molecule has 7 nitrogen and oxygen atoms in total. The second-order valence-electron chi connectivity index (χ2n) is 6.84. The Hall–Kier alpha value is -1.77. The summed E-state index contributed by atoms with van der Waals surface area (Å²) < 4.78 is 5.67. The molecule has 2 aromatic heterocycles. The van der Waals surface area contributed by atoms with Crippen LogP contribution in [0.3, 0.4) is 0 Å². The van der Waals surface area contributed by atoms with Crippen molar-refractivity contribution in [1.29, 1.82) is 0 Å². The minimum absolute atomic E-state index is 0.0855. The van der Waals surface area contributed by atoms with Gasteiger partial charge in [0.15, 0.2) is 0 Å². The summed E-state index contributed by atoms with van der Waals surface area (Å²) in [6, 6.07) is 0. The lowest BCUT2D eigenvalue weighted by molar-refractivity contribution is 0.0929. The molecule has 0 aromatic carbocycles. The maximum atomic E-state index is 12.2. The molecule has 0 aliphatic carbocycles. The van der Waals surface area contributed by atoms with Gasteiger partial charge in [0.25, 0.3) is 5.91 Å². The van der Waals surface area contributed by atoms with Crippen molar-refractivity contribution < 1.29 is 9.21 Å². The largest absolute Gasteiger partial charge is 0.444 e. The van der Waals surface area contributed by atoms with Crippen LogP contribution < -0.4 is 11.1 Å². The maximum absolute atomic E-state index is 12.2. The highest BCUT2D eigenvalue weighted by Gasteiger charge is 2.22. The highest BCUT2D eigenvalue weighted by Crippen LogP contribution is 2.19. The predicted molar refractivity (Wildman–Crippen MR) is 101 cm³/mol. The van der Waals surface area contributed by atoms with Crippen LogP contribution in [0.25, 0.3) is 0 Å². The molecule has 0 radical (unpaired) electrons. The number of hydrogen-bond acceptors (Lipinski definition) is 7. The van der Waals surface area contributed by atoms with Gasteiger partial charge >= 0.3 is 0 Å². The Bertz CT molecular complexity index is 714. The normalized spacial score (nSPS) is 16.1. The number of carbonyl (C=O) groups is 1. The molecule has 1 fully saturated rings. The number of likely N-dealkylation sites (tertiary alicyclic amines) is 1. The first-order valence-electron chi connectivity index (χ1n) is 9.13. The highest BCUT2D eigenvalue weighted by atomic mass is 32.1. The summed E-state index contributed by atoms with van der Waals surface area (Å²) in [5.41, 5.74) is 6.99. The van der Waals surface area contributed by atoms with Gasteiger partial charge < -0.3 is 15.5 Å². The third kappa shape index (κ3) is 4.90. The summed E-state index contributed by atoms with van der Waals surface area (Å²) >= 11 is 1.49. The predicted octanol–water partition coefficient (Wildman–Crippen LogP) is 1.89. The van der Waals surface area contributed by atoms with Crippen molar-refractivity contribution in [1.82, 2.24) is 20.2 Å². The number of carbonyl (C=O) groups excluding carboxylic acids is 1. The number of nitrogens with one attached hydrogen (secondary N) is 1. The number of nitrogens with zero attached hydrogens (tertiary/aromatic N) is 3. The van der Waals surface area contributed by atoms with Crippen molar-refractivity contribution in [3.05, 3.63) is 33.4 Å². The minimum atomic E-state index is -0.0855. The van der Waals surface area contributed by atoms with E-state index in [0.29, 0.717) is 24.7 Å². The van der Waals surface area contributed by atoms with Gasteiger partial charge in [-0.2, -0.15) is 0 Å². The van der Waals surface area contributed by atoms with E-state index in [1.54, 1.807) is 0 Å². The van der Waals surface area contributed by atoms with Gasteiger partial charge in [0.1, 0.15) is 11.5 Å². The second-order valence-corrected chi connectivity index (χ2v) is 7.79. The van der Waals surface area contributed by atoms with Gasteiger partial charge in [0.05, 0.1) is 17.2 Å². The standard InChI is InChI=1S/C18H27N5O2S/c1-12-13(2)25-16(21-12)10-23-7-4-14(5-8-23)9-20-18(24)15-11-26-17(22-15)3-6-19/h11,14H,3-10,19H2,1-2H3,(H,20,24). The van der Waals surface area contributed by atoms with E-state index in [-0.39, 0.29) is 5.91 Å². The molecule has 1 aliphatic heterocycles.